The first kappa shape index (κ1) is 17.5. The van der Waals surface area contributed by atoms with E-state index in [4.69, 9.17) is 4.74 Å². The summed E-state index contributed by atoms with van der Waals surface area (Å²) in [7, 11) is 0. The van der Waals surface area contributed by atoms with Crippen LogP contribution in [0.15, 0.2) is 30.3 Å². The van der Waals surface area contributed by atoms with E-state index in [1.807, 2.05) is 13.8 Å². The van der Waals surface area contributed by atoms with Gasteiger partial charge >= 0.3 is 0 Å². The maximum atomic E-state index is 10.0. The van der Waals surface area contributed by atoms with Gasteiger partial charge in [0.25, 0.3) is 0 Å². The zero-order chi connectivity index (χ0) is 16.1. The molecule has 0 bridgehead atoms. The van der Waals surface area contributed by atoms with Gasteiger partial charge in [-0.05, 0) is 38.7 Å². The Morgan fingerprint density at radius 1 is 1.18 bits per heavy atom. The molecule has 3 nitrogen and oxygen atoms in total. The van der Waals surface area contributed by atoms with E-state index < -0.39 is 5.60 Å². The molecular formula is C19H31NO2. The van der Waals surface area contributed by atoms with Crippen molar-refractivity contribution in [2.45, 2.75) is 57.7 Å². The van der Waals surface area contributed by atoms with Crippen LogP contribution in [0.1, 0.15) is 52.0 Å². The molecule has 0 aromatic heterocycles. The van der Waals surface area contributed by atoms with E-state index in [1.54, 1.807) is 0 Å². The quantitative estimate of drug-likeness (QED) is 0.782. The third kappa shape index (κ3) is 4.80. The second-order valence-electron chi connectivity index (χ2n) is 7.15. The predicted molar refractivity (Wildman–Crippen MR) is 91.0 cm³/mol. The van der Waals surface area contributed by atoms with Crippen molar-refractivity contribution in [1.82, 2.24) is 4.90 Å². The van der Waals surface area contributed by atoms with Crippen LogP contribution in [0.2, 0.25) is 0 Å². The Hall–Kier alpha value is -0.900. The lowest BCUT2D eigenvalue weighted by Crippen LogP contribution is -2.48. The standard InChI is InChI=1S/C19H31NO2/c1-4-5-15-22-19(17-9-7-6-8-10-17)11-13-20(14-12-19)16-18(2,3)21/h6-10,21H,4-5,11-16H2,1-3H3. The molecule has 3 heteroatoms. The Morgan fingerprint density at radius 3 is 2.36 bits per heavy atom. The van der Waals surface area contributed by atoms with E-state index in [2.05, 4.69) is 42.2 Å². The summed E-state index contributed by atoms with van der Waals surface area (Å²) in [6.07, 6.45) is 4.27. The van der Waals surface area contributed by atoms with Gasteiger partial charge in [-0.1, -0.05) is 43.7 Å². The third-order valence-corrected chi connectivity index (χ3v) is 4.45. The topological polar surface area (TPSA) is 32.7 Å². The van der Waals surface area contributed by atoms with Crippen LogP contribution in [0.25, 0.3) is 0 Å². The fraction of sp³-hybridized carbons (Fsp3) is 0.684. The minimum atomic E-state index is -0.629. The highest BCUT2D eigenvalue weighted by Gasteiger charge is 2.37. The van der Waals surface area contributed by atoms with Crippen LogP contribution in [0.3, 0.4) is 0 Å². The van der Waals surface area contributed by atoms with Crippen LogP contribution in [0, 0.1) is 0 Å². The highest BCUT2D eigenvalue weighted by Crippen LogP contribution is 2.37. The normalized spacial score (nSPS) is 19.3. The van der Waals surface area contributed by atoms with Gasteiger partial charge in [0.05, 0.1) is 11.2 Å². The SMILES string of the molecule is CCCCOC1(c2ccccc2)CCN(CC(C)(C)O)CC1. The van der Waals surface area contributed by atoms with Gasteiger partial charge in [-0.3, -0.25) is 0 Å². The van der Waals surface area contributed by atoms with Crippen molar-refractivity contribution in [1.29, 1.82) is 0 Å². The second-order valence-corrected chi connectivity index (χ2v) is 7.15. The number of aliphatic hydroxyl groups is 1. The molecule has 0 aliphatic carbocycles. The van der Waals surface area contributed by atoms with Crippen LogP contribution in [-0.4, -0.2) is 41.8 Å². The molecular weight excluding hydrogens is 274 g/mol. The van der Waals surface area contributed by atoms with Gasteiger partial charge in [-0.15, -0.1) is 0 Å². The Labute approximate surface area is 135 Å². The largest absolute Gasteiger partial charge is 0.389 e. The summed E-state index contributed by atoms with van der Waals surface area (Å²) in [5.41, 5.74) is 0.525. The molecule has 1 heterocycles. The Balaban J connectivity index is 2.05. The molecule has 124 valence electrons. The summed E-state index contributed by atoms with van der Waals surface area (Å²) in [6, 6.07) is 10.6. The number of likely N-dealkylation sites (tertiary alicyclic amines) is 1. The van der Waals surface area contributed by atoms with E-state index in [1.165, 1.54) is 5.56 Å². The fourth-order valence-corrected chi connectivity index (χ4v) is 3.29. The van der Waals surface area contributed by atoms with Crippen molar-refractivity contribution < 1.29 is 9.84 Å². The number of nitrogens with zero attached hydrogens (tertiary/aromatic N) is 1. The molecule has 0 amide bonds. The molecule has 1 N–H and O–H groups in total. The van der Waals surface area contributed by atoms with Crippen molar-refractivity contribution in [3.8, 4) is 0 Å². The first-order valence-electron chi connectivity index (χ1n) is 8.59. The molecule has 1 aliphatic rings. The van der Waals surface area contributed by atoms with E-state index in [9.17, 15) is 5.11 Å². The number of piperidine rings is 1. The van der Waals surface area contributed by atoms with Crippen molar-refractivity contribution in [3.63, 3.8) is 0 Å². The predicted octanol–water partition coefficient (Wildman–Crippen LogP) is 3.57. The molecule has 1 fully saturated rings. The molecule has 0 atom stereocenters. The van der Waals surface area contributed by atoms with Crippen LogP contribution >= 0.6 is 0 Å². The van der Waals surface area contributed by atoms with Crippen molar-refractivity contribution in [3.05, 3.63) is 35.9 Å². The first-order valence-corrected chi connectivity index (χ1v) is 8.59. The summed E-state index contributed by atoms with van der Waals surface area (Å²) >= 11 is 0. The van der Waals surface area contributed by atoms with Gasteiger partial charge in [0.2, 0.25) is 0 Å². The lowest BCUT2D eigenvalue weighted by atomic mass is 9.83. The number of hydrogen-bond acceptors (Lipinski definition) is 3. The van der Waals surface area contributed by atoms with Crippen LogP contribution in [0.5, 0.6) is 0 Å². The summed E-state index contributed by atoms with van der Waals surface area (Å²) < 4.78 is 6.39. The van der Waals surface area contributed by atoms with Crippen LogP contribution < -0.4 is 0 Å². The molecule has 0 radical (unpaired) electrons. The maximum Gasteiger partial charge on any atom is 0.0955 e. The molecule has 1 saturated heterocycles. The molecule has 1 aliphatic heterocycles. The third-order valence-electron chi connectivity index (χ3n) is 4.45. The van der Waals surface area contributed by atoms with E-state index in [0.29, 0.717) is 0 Å². The van der Waals surface area contributed by atoms with Gasteiger partial charge in [-0.25, -0.2) is 0 Å². The van der Waals surface area contributed by atoms with Gasteiger partial charge in [0.15, 0.2) is 0 Å². The number of unbranched alkanes of at least 4 members (excludes halogenated alkanes) is 1. The molecule has 0 spiro atoms. The van der Waals surface area contributed by atoms with Crippen molar-refractivity contribution in [2.75, 3.05) is 26.2 Å². The molecule has 1 aromatic carbocycles. The summed E-state index contributed by atoms with van der Waals surface area (Å²) in [4.78, 5) is 2.35. The average molecular weight is 305 g/mol. The molecule has 1 aromatic rings. The van der Waals surface area contributed by atoms with E-state index in [0.717, 1.165) is 51.9 Å². The van der Waals surface area contributed by atoms with Gasteiger partial charge in [-0.2, -0.15) is 0 Å². The molecule has 2 rings (SSSR count). The Morgan fingerprint density at radius 2 is 1.82 bits per heavy atom. The second kappa shape index (κ2) is 7.58. The van der Waals surface area contributed by atoms with Crippen LogP contribution in [-0.2, 0) is 10.3 Å². The van der Waals surface area contributed by atoms with Crippen molar-refractivity contribution >= 4 is 0 Å². The van der Waals surface area contributed by atoms with E-state index in [-0.39, 0.29) is 5.60 Å². The van der Waals surface area contributed by atoms with Gasteiger partial charge < -0.3 is 14.7 Å². The maximum absolute atomic E-state index is 10.0. The van der Waals surface area contributed by atoms with E-state index >= 15 is 0 Å². The number of β-amino-alcohol motifs (C(OH)–C–C–N with tert-alkyl or cyclic N) is 1. The summed E-state index contributed by atoms with van der Waals surface area (Å²) in [5.74, 6) is 0. The van der Waals surface area contributed by atoms with Gasteiger partial charge in [0.1, 0.15) is 0 Å². The Bertz CT molecular complexity index is 430. The van der Waals surface area contributed by atoms with Crippen LogP contribution in [0.4, 0.5) is 0 Å². The first-order chi connectivity index (χ1) is 10.5. The zero-order valence-electron chi connectivity index (χ0n) is 14.3. The molecule has 0 unspecified atom stereocenters. The zero-order valence-corrected chi connectivity index (χ0v) is 14.3. The number of hydrogen-bond donors (Lipinski definition) is 1. The molecule has 0 saturated carbocycles. The highest BCUT2D eigenvalue weighted by molar-refractivity contribution is 5.23. The van der Waals surface area contributed by atoms with Gasteiger partial charge in [0, 0.05) is 26.2 Å². The monoisotopic (exact) mass is 305 g/mol. The Kier molecular flexibility index (Phi) is 6.01. The average Bonchev–Trinajstić information content (AvgIpc) is 2.49. The minimum Gasteiger partial charge on any atom is -0.389 e. The van der Waals surface area contributed by atoms with Crippen molar-refractivity contribution in [2.24, 2.45) is 0 Å². The number of rotatable bonds is 7. The summed E-state index contributed by atoms with van der Waals surface area (Å²) in [6.45, 7) is 9.47. The fourth-order valence-electron chi connectivity index (χ4n) is 3.29. The lowest BCUT2D eigenvalue weighted by molar-refractivity contribution is -0.0980. The highest BCUT2D eigenvalue weighted by atomic mass is 16.5. The minimum absolute atomic E-state index is 0.146. The number of ether oxygens (including phenoxy) is 1. The summed E-state index contributed by atoms with van der Waals surface area (Å²) in [5, 5.41) is 10.0. The number of benzene rings is 1. The molecule has 22 heavy (non-hydrogen) atoms. The lowest BCUT2D eigenvalue weighted by Gasteiger charge is -2.43. The smallest absolute Gasteiger partial charge is 0.0955 e.